The third-order valence-corrected chi connectivity index (χ3v) is 4.95. The second-order valence-corrected chi connectivity index (χ2v) is 6.65. The average molecular weight is 392 g/mol. The maximum absolute atomic E-state index is 10.9. The van der Waals surface area contributed by atoms with E-state index in [-0.39, 0.29) is 11.7 Å². The maximum atomic E-state index is 10.9. The molecule has 0 saturated carbocycles. The van der Waals surface area contributed by atoms with Crippen LogP contribution >= 0.6 is 11.6 Å². The SMILES string of the molecule is COc1ccc(C(CNc2ccc([N+](=O)[O-])cc2Cl)N2CCOCC2)cc1. The van der Waals surface area contributed by atoms with Gasteiger partial charge in [-0.05, 0) is 23.8 Å². The molecule has 1 saturated heterocycles. The topological polar surface area (TPSA) is 76.9 Å². The van der Waals surface area contributed by atoms with Gasteiger partial charge in [-0.25, -0.2) is 0 Å². The van der Waals surface area contributed by atoms with Crippen molar-refractivity contribution in [2.75, 3.05) is 45.3 Å². The molecule has 0 spiro atoms. The third-order valence-electron chi connectivity index (χ3n) is 4.64. The quantitative estimate of drug-likeness (QED) is 0.572. The van der Waals surface area contributed by atoms with E-state index in [9.17, 15) is 10.1 Å². The van der Waals surface area contributed by atoms with E-state index in [2.05, 4.69) is 22.3 Å². The smallest absolute Gasteiger partial charge is 0.271 e. The first-order chi connectivity index (χ1) is 13.1. The van der Waals surface area contributed by atoms with E-state index in [1.54, 1.807) is 13.2 Å². The Labute approximate surface area is 163 Å². The number of nitrogens with one attached hydrogen (secondary N) is 1. The molecular weight excluding hydrogens is 370 g/mol. The van der Waals surface area contributed by atoms with Gasteiger partial charge in [0.15, 0.2) is 0 Å². The molecule has 1 aliphatic heterocycles. The van der Waals surface area contributed by atoms with Gasteiger partial charge in [-0.1, -0.05) is 23.7 Å². The highest BCUT2D eigenvalue weighted by Crippen LogP contribution is 2.29. The molecule has 144 valence electrons. The standard InChI is InChI=1S/C19H22ClN3O4/c1-26-16-5-2-14(3-6-16)19(22-8-10-27-11-9-22)13-21-18-7-4-15(23(24)25)12-17(18)20/h2-7,12,19,21H,8-11,13H2,1H3. The van der Waals surface area contributed by atoms with Crippen LogP contribution in [0.4, 0.5) is 11.4 Å². The van der Waals surface area contributed by atoms with Crippen molar-refractivity contribution in [1.82, 2.24) is 4.90 Å². The number of anilines is 1. The van der Waals surface area contributed by atoms with E-state index in [0.29, 0.717) is 30.5 Å². The normalized spacial score (nSPS) is 15.9. The van der Waals surface area contributed by atoms with Crippen LogP contribution in [0.1, 0.15) is 11.6 Å². The van der Waals surface area contributed by atoms with Gasteiger partial charge in [0.25, 0.3) is 5.69 Å². The Balaban J connectivity index is 1.77. The molecule has 0 amide bonds. The number of hydrogen-bond donors (Lipinski definition) is 1. The highest BCUT2D eigenvalue weighted by Gasteiger charge is 2.23. The Bertz CT molecular complexity index is 779. The Morgan fingerprint density at radius 2 is 1.96 bits per heavy atom. The number of halogens is 1. The lowest BCUT2D eigenvalue weighted by Crippen LogP contribution is -2.41. The molecule has 1 unspecified atom stereocenters. The Morgan fingerprint density at radius 3 is 2.56 bits per heavy atom. The molecule has 1 N–H and O–H groups in total. The molecule has 8 heteroatoms. The molecular formula is C19H22ClN3O4. The molecule has 27 heavy (non-hydrogen) atoms. The largest absolute Gasteiger partial charge is 0.497 e. The van der Waals surface area contributed by atoms with Gasteiger partial charge >= 0.3 is 0 Å². The summed E-state index contributed by atoms with van der Waals surface area (Å²) in [4.78, 5) is 12.8. The lowest BCUT2D eigenvalue weighted by molar-refractivity contribution is -0.384. The van der Waals surface area contributed by atoms with Gasteiger partial charge in [0, 0.05) is 31.8 Å². The number of nitrogens with zero attached hydrogens (tertiary/aromatic N) is 2. The summed E-state index contributed by atoms with van der Waals surface area (Å²) >= 11 is 6.21. The Hall–Kier alpha value is -2.35. The first-order valence-electron chi connectivity index (χ1n) is 8.72. The number of rotatable bonds is 7. The minimum atomic E-state index is -0.455. The lowest BCUT2D eigenvalue weighted by atomic mass is 10.0. The first-order valence-corrected chi connectivity index (χ1v) is 9.10. The molecule has 0 radical (unpaired) electrons. The fourth-order valence-electron chi connectivity index (χ4n) is 3.14. The van der Waals surface area contributed by atoms with Crippen LogP contribution < -0.4 is 10.1 Å². The van der Waals surface area contributed by atoms with Gasteiger partial charge < -0.3 is 14.8 Å². The van der Waals surface area contributed by atoms with Crippen molar-refractivity contribution < 1.29 is 14.4 Å². The Morgan fingerprint density at radius 1 is 1.26 bits per heavy atom. The van der Waals surface area contributed by atoms with Crippen LogP contribution in [0.15, 0.2) is 42.5 Å². The molecule has 2 aromatic rings. The van der Waals surface area contributed by atoms with Crippen molar-refractivity contribution in [3.63, 3.8) is 0 Å². The van der Waals surface area contributed by atoms with Crippen molar-refractivity contribution in [3.05, 3.63) is 63.2 Å². The summed E-state index contributed by atoms with van der Waals surface area (Å²) in [5.41, 5.74) is 1.81. The number of morpholine rings is 1. The van der Waals surface area contributed by atoms with Crippen LogP contribution in [0.25, 0.3) is 0 Å². The average Bonchev–Trinajstić information content (AvgIpc) is 2.70. The number of methoxy groups -OCH3 is 1. The maximum Gasteiger partial charge on any atom is 0.271 e. The second-order valence-electron chi connectivity index (χ2n) is 6.24. The number of nitro benzene ring substituents is 1. The summed E-state index contributed by atoms with van der Waals surface area (Å²) in [7, 11) is 1.65. The molecule has 1 aliphatic rings. The third kappa shape index (κ3) is 4.88. The number of non-ortho nitro benzene ring substituents is 1. The van der Waals surface area contributed by atoms with Crippen LogP contribution in [0.2, 0.25) is 5.02 Å². The van der Waals surface area contributed by atoms with E-state index in [1.807, 2.05) is 12.1 Å². The van der Waals surface area contributed by atoms with Gasteiger partial charge in [-0.3, -0.25) is 15.0 Å². The van der Waals surface area contributed by atoms with E-state index < -0.39 is 4.92 Å². The highest BCUT2D eigenvalue weighted by molar-refractivity contribution is 6.33. The molecule has 2 aromatic carbocycles. The van der Waals surface area contributed by atoms with Gasteiger partial charge in [0.2, 0.25) is 0 Å². The summed E-state index contributed by atoms with van der Waals surface area (Å²) in [5, 5.41) is 14.5. The fourth-order valence-corrected chi connectivity index (χ4v) is 3.38. The van der Waals surface area contributed by atoms with E-state index in [0.717, 1.165) is 24.4 Å². The minimum absolute atomic E-state index is 0.0227. The van der Waals surface area contributed by atoms with Gasteiger partial charge in [0.05, 0.1) is 42.0 Å². The highest BCUT2D eigenvalue weighted by atomic mass is 35.5. The van der Waals surface area contributed by atoms with E-state index in [4.69, 9.17) is 21.1 Å². The zero-order valence-electron chi connectivity index (χ0n) is 15.1. The van der Waals surface area contributed by atoms with Crippen LogP contribution in [0, 0.1) is 10.1 Å². The van der Waals surface area contributed by atoms with Crippen molar-refractivity contribution in [2.24, 2.45) is 0 Å². The van der Waals surface area contributed by atoms with Gasteiger partial charge in [-0.15, -0.1) is 0 Å². The van der Waals surface area contributed by atoms with Crippen molar-refractivity contribution in [3.8, 4) is 5.75 Å². The number of benzene rings is 2. The minimum Gasteiger partial charge on any atom is -0.497 e. The summed E-state index contributed by atoms with van der Waals surface area (Å²) < 4.78 is 10.7. The molecule has 7 nitrogen and oxygen atoms in total. The number of nitro groups is 1. The van der Waals surface area contributed by atoms with Gasteiger partial charge in [-0.2, -0.15) is 0 Å². The molecule has 1 atom stereocenters. The van der Waals surface area contributed by atoms with Crippen molar-refractivity contribution in [1.29, 1.82) is 0 Å². The Kier molecular flexibility index (Phi) is 6.49. The van der Waals surface area contributed by atoms with Crippen molar-refractivity contribution in [2.45, 2.75) is 6.04 Å². The molecule has 1 fully saturated rings. The van der Waals surface area contributed by atoms with Crippen LogP contribution in [-0.4, -0.2) is 49.8 Å². The van der Waals surface area contributed by atoms with Crippen LogP contribution in [0.5, 0.6) is 5.75 Å². The van der Waals surface area contributed by atoms with E-state index in [1.165, 1.54) is 12.1 Å². The van der Waals surface area contributed by atoms with E-state index >= 15 is 0 Å². The summed E-state index contributed by atoms with van der Waals surface area (Å²) in [6.07, 6.45) is 0. The molecule has 0 aliphatic carbocycles. The van der Waals surface area contributed by atoms with Crippen molar-refractivity contribution >= 4 is 23.0 Å². The molecule has 0 bridgehead atoms. The molecule has 0 aromatic heterocycles. The van der Waals surface area contributed by atoms with Crippen LogP contribution in [0.3, 0.4) is 0 Å². The number of hydrogen-bond acceptors (Lipinski definition) is 6. The lowest BCUT2D eigenvalue weighted by Gasteiger charge is -2.35. The molecule has 1 heterocycles. The predicted octanol–water partition coefficient (Wildman–Crippen LogP) is 3.74. The summed E-state index contributed by atoms with van der Waals surface area (Å²) in [6, 6.07) is 12.6. The first kappa shape index (κ1) is 19.4. The number of ether oxygens (including phenoxy) is 2. The summed E-state index contributed by atoms with van der Waals surface area (Å²) in [5.74, 6) is 0.811. The zero-order chi connectivity index (χ0) is 19.2. The predicted molar refractivity (Wildman–Crippen MR) is 105 cm³/mol. The second kappa shape index (κ2) is 9.03. The molecule has 3 rings (SSSR count). The van der Waals surface area contributed by atoms with Gasteiger partial charge in [0.1, 0.15) is 5.75 Å². The zero-order valence-corrected chi connectivity index (χ0v) is 15.8. The fraction of sp³-hybridized carbons (Fsp3) is 0.368. The van der Waals surface area contributed by atoms with Crippen LogP contribution in [-0.2, 0) is 4.74 Å². The monoisotopic (exact) mass is 391 g/mol. The summed E-state index contributed by atoms with van der Waals surface area (Å²) in [6.45, 7) is 3.69.